The summed E-state index contributed by atoms with van der Waals surface area (Å²) >= 11 is 6.40. The van der Waals surface area contributed by atoms with Crippen molar-refractivity contribution in [1.82, 2.24) is 10.2 Å². The molecule has 0 spiro atoms. The van der Waals surface area contributed by atoms with Crippen molar-refractivity contribution in [3.8, 4) is 0 Å². The highest BCUT2D eigenvalue weighted by molar-refractivity contribution is 7.92. The zero-order valence-corrected chi connectivity index (χ0v) is 26.2. The van der Waals surface area contributed by atoms with Crippen molar-refractivity contribution in [3.63, 3.8) is 0 Å². The van der Waals surface area contributed by atoms with Crippen molar-refractivity contribution in [2.75, 3.05) is 17.4 Å². The second-order valence-corrected chi connectivity index (χ2v) is 13.1. The molecule has 0 aliphatic rings. The summed E-state index contributed by atoms with van der Waals surface area (Å²) in [6.45, 7) is 11.6. The number of amides is 2. The number of hydrogen-bond acceptors (Lipinski definition) is 4. The lowest BCUT2D eigenvalue weighted by molar-refractivity contribution is -0.140. The van der Waals surface area contributed by atoms with E-state index in [-0.39, 0.29) is 29.0 Å². The third-order valence-electron chi connectivity index (χ3n) is 6.84. The minimum absolute atomic E-state index is 0.0551. The summed E-state index contributed by atoms with van der Waals surface area (Å²) in [6.07, 6.45) is 0.364. The van der Waals surface area contributed by atoms with Crippen LogP contribution in [0.4, 0.5) is 5.69 Å². The molecule has 0 aromatic heterocycles. The predicted molar refractivity (Wildman–Crippen MR) is 166 cm³/mol. The van der Waals surface area contributed by atoms with E-state index in [1.165, 1.54) is 17.0 Å². The molecule has 220 valence electrons. The standard InChI is InChI=1S/C32H40ClN3O4S/c1-7-30(32(38)34-19-22(2)3)35(20-26-10-8-9-24(5)17-26)31(37)21-36(27-14-13-25(6)29(33)18-27)41(39,40)28-15-11-23(4)12-16-28/h8-18,22,30H,7,19-21H2,1-6H3,(H,34,38)/t30-/m0/s1. The van der Waals surface area contributed by atoms with Crippen molar-refractivity contribution in [2.45, 2.75) is 65.4 Å². The first-order valence-corrected chi connectivity index (χ1v) is 15.6. The maximum absolute atomic E-state index is 14.1. The molecule has 0 fully saturated rings. The van der Waals surface area contributed by atoms with E-state index >= 15 is 0 Å². The first-order valence-electron chi connectivity index (χ1n) is 13.8. The Morgan fingerprint density at radius 2 is 1.61 bits per heavy atom. The normalized spacial score (nSPS) is 12.2. The molecule has 0 aliphatic carbocycles. The van der Waals surface area contributed by atoms with Crippen molar-refractivity contribution in [1.29, 1.82) is 0 Å². The van der Waals surface area contributed by atoms with Gasteiger partial charge in [-0.05, 0) is 68.5 Å². The fourth-order valence-electron chi connectivity index (χ4n) is 4.45. The van der Waals surface area contributed by atoms with Crippen molar-refractivity contribution >= 4 is 39.1 Å². The quantitative estimate of drug-likeness (QED) is 0.276. The van der Waals surface area contributed by atoms with Gasteiger partial charge in [-0.25, -0.2) is 8.42 Å². The van der Waals surface area contributed by atoms with Gasteiger partial charge < -0.3 is 10.2 Å². The Morgan fingerprint density at radius 1 is 0.927 bits per heavy atom. The van der Waals surface area contributed by atoms with Gasteiger partial charge in [0, 0.05) is 18.1 Å². The van der Waals surface area contributed by atoms with Crippen LogP contribution in [0.25, 0.3) is 0 Å². The maximum Gasteiger partial charge on any atom is 0.264 e. The van der Waals surface area contributed by atoms with Gasteiger partial charge in [0.2, 0.25) is 11.8 Å². The molecule has 1 atom stereocenters. The molecule has 0 bridgehead atoms. The third kappa shape index (κ3) is 8.33. The summed E-state index contributed by atoms with van der Waals surface area (Å²) in [5, 5.41) is 3.33. The first kappa shape index (κ1) is 32.2. The molecule has 3 aromatic carbocycles. The molecule has 3 rings (SSSR count). The minimum Gasteiger partial charge on any atom is -0.354 e. The molecular formula is C32H40ClN3O4S. The summed E-state index contributed by atoms with van der Waals surface area (Å²) in [5.74, 6) is -0.530. The second kappa shape index (κ2) is 14.0. The van der Waals surface area contributed by atoms with E-state index in [4.69, 9.17) is 11.6 Å². The largest absolute Gasteiger partial charge is 0.354 e. The van der Waals surface area contributed by atoms with Crippen LogP contribution in [0, 0.1) is 26.7 Å². The average Bonchev–Trinajstić information content (AvgIpc) is 2.92. The molecule has 0 radical (unpaired) electrons. The van der Waals surface area contributed by atoms with E-state index in [1.54, 1.807) is 30.3 Å². The zero-order chi connectivity index (χ0) is 30.3. The van der Waals surface area contributed by atoms with Crippen LogP contribution in [0.1, 0.15) is 49.4 Å². The number of carbonyl (C=O) groups is 2. The monoisotopic (exact) mass is 597 g/mol. The lowest BCUT2D eigenvalue weighted by Crippen LogP contribution is -2.52. The number of carbonyl (C=O) groups excluding carboxylic acids is 2. The Morgan fingerprint density at radius 3 is 2.20 bits per heavy atom. The number of benzene rings is 3. The van der Waals surface area contributed by atoms with Crippen molar-refractivity contribution in [3.05, 3.63) is 94.0 Å². The molecular weight excluding hydrogens is 558 g/mol. The van der Waals surface area contributed by atoms with Crippen LogP contribution in [0.2, 0.25) is 5.02 Å². The van der Waals surface area contributed by atoms with Crippen LogP contribution in [0.5, 0.6) is 0 Å². The molecule has 7 nitrogen and oxygen atoms in total. The van der Waals surface area contributed by atoms with Crippen LogP contribution in [-0.4, -0.2) is 44.3 Å². The van der Waals surface area contributed by atoms with E-state index in [0.29, 0.717) is 18.0 Å². The number of hydrogen-bond donors (Lipinski definition) is 1. The average molecular weight is 598 g/mol. The number of aryl methyl sites for hydroxylation is 3. The lowest BCUT2D eigenvalue weighted by atomic mass is 10.1. The fraction of sp³-hybridized carbons (Fsp3) is 0.375. The number of anilines is 1. The van der Waals surface area contributed by atoms with Gasteiger partial charge in [0.25, 0.3) is 10.0 Å². The molecule has 3 aromatic rings. The lowest BCUT2D eigenvalue weighted by Gasteiger charge is -2.33. The van der Waals surface area contributed by atoms with Gasteiger partial charge in [0.1, 0.15) is 12.6 Å². The number of nitrogens with one attached hydrogen (secondary N) is 1. The molecule has 9 heteroatoms. The number of nitrogens with zero attached hydrogens (tertiary/aromatic N) is 2. The summed E-state index contributed by atoms with van der Waals surface area (Å²) in [7, 11) is -4.16. The van der Waals surface area contributed by atoms with E-state index in [9.17, 15) is 18.0 Å². The molecule has 1 N–H and O–H groups in total. The Labute approximate surface area is 249 Å². The predicted octanol–water partition coefficient (Wildman–Crippen LogP) is 6.04. The van der Waals surface area contributed by atoms with Crippen molar-refractivity contribution < 1.29 is 18.0 Å². The third-order valence-corrected chi connectivity index (χ3v) is 9.03. The highest BCUT2D eigenvalue weighted by atomic mass is 35.5. The van der Waals surface area contributed by atoms with E-state index < -0.39 is 28.5 Å². The van der Waals surface area contributed by atoms with E-state index in [0.717, 1.165) is 26.6 Å². The molecule has 2 amide bonds. The summed E-state index contributed by atoms with van der Waals surface area (Å²) < 4.78 is 29.0. The Hall–Kier alpha value is -3.36. The van der Waals surface area contributed by atoms with Gasteiger partial charge in [-0.2, -0.15) is 0 Å². The maximum atomic E-state index is 14.1. The first-order chi connectivity index (χ1) is 19.3. The van der Waals surface area contributed by atoms with Crippen LogP contribution in [0.15, 0.2) is 71.6 Å². The van der Waals surface area contributed by atoms with Crippen LogP contribution in [0.3, 0.4) is 0 Å². The van der Waals surface area contributed by atoms with Gasteiger partial charge in [0.05, 0.1) is 10.6 Å². The fourth-order valence-corrected chi connectivity index (χ4v) is 6.03. The van der Waals surface area contributed by atoms with Gasteiger partial charge in [-0.15, -0.1) is 0 Å². The summed E-state index contributed by atoms with van der Waals surface area (Å²) in [5.41, 5.74) is 3.82. The zero-order valence-electron chi connectivity index (χ0n) is 24.6. The molecule has 0 heterocycles. The van der Waals surface area contributed by atoms with Gasteiger partial charge >= 0.3 is 0 Å². The molecule has 0 aliphatic heterocycles. The molecule has 0 saturated carbocycles. The van der Waals surface area contributed by atoms with Crippen LogP contribution < -0.4 is 9.62 Å². The second-order valence-electron chi connectivity index (χ2n) is 10.8. The summed E-state index contributed by atoms with van der Waals surface area (Å²) in [6, 6.07) is 18.3. The molecule has 41 heavy (non-hydrogen) atoms. The highest BCUT2D eigenvalue weighted by Gasteiger charge is 2.34. The summed E-state index contributed by atoms with van der Waals surface area (Å²) in [4.78, 5) is 29.0. The smallest absolute Gasteiger partial charge is 0.264 e. The van der Waals surface area contributed by atoms with E-state index in [1.807, 2.05) is 65.8 Å². The minimum atomic E-state index is -4.16. The Bertz CT molecular complexity index is 1470. The van der Waals surface area contributed by atoms with Crippen LogP contribution >= 0.6 is 11.6 Å². The van der Waals surface area contributed by atoms with Gasteiger partial charge in [-0.3, -0.25) is 13.9 Å². The molecule has 0 saturated heterocycles. The van der Waals surface area contributed by atoms with Crippen LogP contribution in [-0.2, 0) is 26.2 Å². The Balaban J connectivity index is 2.07. The topological polar surface area (TPSA) is 86.8 Å². The van der Waals surface area contributed by atoms with Gasteiger partial charge in [0.15, 0.2) is 0 Å². The van der Waals surface area contributed by atoms with E-state index in [2.05, 4.69) is 5.32 Å². The SMILES string of the molecule is CC[C@@H](C(=O)NCC(C)C)N(Cc1cccc(C)c1)C(=O)CN(c1ccc(C)c(Cl)c1)S(=O)(=O)c1ccc(C)cc1. The molecule has 0 unspecified atom stereocenters. The Kier molecular flexibility index (Phi) is 11.0. The van der Waals surface area contributed by atoms with Crippen molar-refractivity contribution in [2.24, 2.45) is 5.92 Å². The number of sulfonamides is 1. The van der Waals surface area contributed by atoms with Gasteiger partial charge in [-0.1, -0.05) is 86.0 Å². The number of halogens is 1. The number of rotatable bonds is 12. The highest BCUT2D eigenvalue weighted by Crippen LogP contribution is 2.29.